The van der Waals surface area contributed by atoms with E-state index in [1.165, 1.54) is 12.1 Å². The van der Waals surface area contributed by atoms with Crippen molar-refractivity contribution in [1.29, 1.82) is 0 Å². The molecular weight excluding hydrogens is 341 g/mol. The van der Waals surface area contributed by atoms with Crippen molar-refractivity contribution in [2.45, 2.75) is 38.6 Å². The van der Waals surface area contributed by atoms with Gasteiger partial charge in [0.15, 0.2) is 0 Å². The molecule has 1 fully saturated rings. The smallest absolute Gasteiger partial charge is 0.272 e. The van der Waals surface area contributed by atoms with Gasteiger partial charge in [-0.15, -0.1) is 0 Å². The number of amides is 1. The van der Waals surface area contributed by atoms with E-state index < -0.39 is 4.92 Å². The van der Waals surface area contributed by atoms with Crippen molar-refractivity contribution >= 4 is 40.5 Å². The van der Waals surface area contributed by atoms with E-state index in [1.54, 1.807) is 0 Å². The van der Waals surface area contributed by atoms with Crippen LogP contribution in [0, 0.1) is 10.1 Å². The fourth-order valence-electron chi connectivity index (χ4n) is 2.78. The first-order valence-corrected chi connectivity index (χ1v) is 8.35. The van der Waals surface area contributed by atoms with Crippen LogP contribution in [0.15, 0.2) is 12.1 Å². The van der Waals surface area contributed by atoms with E-state index in [4.69, 9.17) is 23.2 Å². The summed E-state index contributed by atoms with van der Waals surface area (Å²) in [6.45, 7) is 3.30. The lowest BCUT2D eigenvalue weighted by Crippen LogP contribution is -2.48. The number of hydrogen-bond acceptors (Lipinski definition) is 4. The number of nitrogens with one attached hydrogen (secondary N) is 1. The minimum Gasteiger partial charge on any atom is -0.367 e. The number of rotatable bonds is 5. The van der Waals surface area contributed by atoms with Gasteiger partial charge >= 0.3 is 0 Å². The number of anilines is 1. The van der Waals surface area contributed by atoms with E-state index in [0.29, 0.717) is 18.7 Å². The molecule has 1 amide bonds. The molecule has 1 aromatic rings. The van der Waals surface area contributed by atoms with Crippen LogP contribution in [0.5, 0.6) is 0 Å². The normalized spacial score (nSPS) is 17.9. The van der Waals surface area contributed by atoms with E-state index in [9.17, 15) is 14.9 Å². The van der Waals surface area contributed by atoms with Crippen molar-refractivity contribution in [3.05, 3.63) is 32.3 Å². The Morgan fingerprint density at radius 1 is 1.43 bits per heavy atom. The SMILES string of the molecule is CCCC(=O)NC1CCCN(c2c(Cl)cc([N+](=O)[O-])cc2Cl)C1. The number of halogens is 2. The van der Waals surface area contributed by atoms with Gasteiger partial charge in [0, 0.05) is 37.7 Å². The van der Waals surface area contributed by atoms with Gasteiger partial charge in [-0.3, -0.25) is 14.9 Å². The van der Waals surface area contributed by atoms with E-state index >= 15 is 0 Å². The zero-order valence-electron chi connectivity index (χ0n) is 12.8. The second kappa shape index (κ2) is 7.84. The Kier molecular flexibility index (Phi) is 6.07. The van der Waals surface area contributed by atoms with E-state index in [2.05, 4.69) is 5.32 Å². The maximum atomic E-state index is 11.8. The molecule has 0 saturated carbocycles. The summed E-state index contributed by atoms with van der Waals surface area (Å²) < 4.78 is 0. The molecule has 0 spiro atoms. The van der Waals surface area contributed by atoms with Crippen molar-refractivity contribution in [3.8, 4) is 0 Å². The molecule has 6 nitrogen and oxygen atoms in total. The summed E-state index contributed by atoms with van der Waals surface area (Å²) in [6, 6.07) is 2.65. The number of carbonyl (C=O) groups is 1. The highest BCUT2D eigenvalue weighted by Crippen LogP contribution is 2.38. The van der Waals surface area contributed by atoms with Crippen LogP contribution in [0.4, 0.5) is 11.4 Å². The Hall–Kier alpha value is -1.53. The summed E-state index contributed by atoms with van der Waals surface area (Å²) in [4.78, 5) is 24.1. The van der Waals surface area contributed by atoms with Crippen molar-refractivity contribution in [2.75, 3.05) is 18.0 Å². The van der Waals surface area contributed by atoms with Crippen LogP contribution in [-0.4, -0.2) is 30.0 Å². The Labute approximate surface area is 144 Å². The summed E-state index contributed by atoms with van der Waals surface area (Å²) >= 11 is 12.4. The third kappa shape index (κ3) is 4.48. The molecule has 126 valence electrons. The van der Waals surface area contributed by atoms with Crippen LogP contribution >= 0.6 is 23.2 Å². The molecule has 0 aromatic heterocycles. The first-order valence-electron chi connectivity index (χ1n) is 7.60. The molecule has 1 atom stereocenters. The summed E-state index contributed by atoms with van der Waals surface area (Å²) in [5, 5.41) is 14.4. The number of benzene rings is 1. The quantitative estimate of drug-likeness (QED) is 0.640. The highest BCUT2D eigenvalue weighted by atomic mass is 35.5. The highest BCUT2D eigenvalue weighted by molar-refractivity contribution is 6.39. The molecule has 0 bridgehead atoms. The van der Waals surface area contributed by atoms with Crippen molar-refractivity contribution in [2.24, 2.45) is 0 Å². The molecule has 1 saturated heterocycles. The highest BCUT2D eigenvalue weighted by Gasteiger charge is 2.25. The second-order valence-electron chi connectivity index (χ2n) is 5.62. The van der Waals surface area contributed by atoms with E-state index in [0.717, 1.165) is 25.8 Å². The first kappa shape index (κ1) is 17.8. The molecule has 1 aliphatic rings. The molecule has 0 aliphatic carbocycles. The number of hydrogen-bond donors (Lipinski definition) is 1. The molecule has 1 aromatic carbocycles. The van der Waals surface area contributed by atoms with Crippen LogP contribution in [0.2, 0.25) is 10.0 Å². The van der Waals surface area contributed by atoms with Crippen LogP contribution < -0.4 is 10.2 Å². The van der Waals surface area contributed by atoms with E-state index in [-0.39, 0.29) is 27.7 Å². The third-order valence-electron chi connectivity index (χ3n) is 3.79. The molecule has 1 heterocycles. The molecule has 8 heteroatoms. The largest absolute Gasteiger partial charge is 0.367 e. The van der Waals surface area contributed by atoms with Crippen LogP contribution in [0.25, 0.3) is 0 Å². The predicted octanol–water partition coefficient (Wildman–Crippen LogP) is 3.79. The molecule has 2 rings (SSSR count). The van der Waals surface area contributed by atoms with Crippen LogP contribution in [0.3, 0.4) is 0 Å². The topological polar surface area (TPSA) is 75.5 Å². The standard InChI is InChI=1S/C15H19Cl2N3O3/c1-2-4-14(21)18-10-5-3-6-19(9-10)15-12(16)7-11(20(22)23)8-13(15)17/h7-8,10H,2-6,9H2,1H3,(H,18,21). The Bertz CT molecular complexity index is 587. The van der Waals surface area contributed by atoms with Crippen molar-refractivity contribution < 1.29 is 9.72 Å². The van der Waals surface area contributed by atoms with Crippen molar-refractivity contribution in [3.63, 3.8) is 0 Å². The van der Waals surface area contributed by atoms with Gasteiger partial charge in [-0.1, -0.05) is 30.1 Å². The summed E-state index contributed by atoms with van der Waals surface area (Å²) in [5.74, 6) is 0.0419. The first-order chi connectivity index (χ1) is 10.9. The maximum absolute atomic E-state index is 11.8. The van der Waals surface area contributed by atoms with Gasteiger partial charge < -0.3 is 10.2 Å². The zero-order chi connectivity index (χ0) is 17.0. The maximum Gasteiger partial charge on any atom is 0.272 e. The molecular formula is C15H19Cl2N3O3. The van der Waals surface area contributed by atoms with Crippen LogP contribution in [0.1, 0.15) is 32.6 Å². The third-order valence-corrected chi connectivity index (χ3v) is 4.37. The molecule has 23 heavy (non-hydrogen) atoms. The predicted molar refractivity (Wildman–Crippen MR) is 91.4 cm³/mol. The molecule has 1 N–H and O–H groups in total. The van der Waals surface area contributed by atoms with Gasteiger partial charge in [0.1, 0.15) is 0 Å². The van der Waals surface area contributed by atoms with Crippen LogP contribution in [-0.2, 0) is 4.79 Å². The molecule has 0 radical (unpaired) electrons. The number of nitrogens with zero attached hydrogens (tertiary/aromatic N) is 2. The number of piperidine rings is 1. The lowest BCUT2D eigenvalue weighted by molar-refractivity contribution is -0.384. The lowest BCUT2D eigenvalue weighted by atomic mass is 10.0. The average molecular weight is 360 g/mol. The number of nitro benzene ring substituents is 1. The summed E-state index contributed by atoms with van der Waals surface area (Å²) in [6.07, 6.45) is 3.10. The van der Waals surface area contributed by atoms with Gasteiger partial charge in [-0.2, -0.15) is 0 Å². The average Bonchev–Trinajstić information content (AvgIpc) is 2.47. The van der Waals surface area contributed by atoms with Gasteiger partial charge in [0.25, 0.3) is 5.69 Å². The number of non-ortho nitro benzene ring substituents is 1. The van der Waals surface area contributed by atoms with Gasteiger partial charge in [-0.05, 0) is 19.3 Å². The lowest BCUT2D eigenvalue weighted by Gasteiger charge is -2.35. The zero-order valence-corrected chi connectivity index (χ0v) is 14.4. The molecule has 1 unspecified atom stereocenters. The minimum atomic E-state index is -0.522. The van der Waals surface area contributed by atoms with Gasteiger partial charge in [-0.25, -0.2) is 0 Å². The Morgan fingerprint density at radius 3 is 2.65 bits per heavy atom. The summed E-state index contributed by atoms with van der Waals surface area (Å²) in [7, 11) is 0. The monoisotopic (exact) mass is 359 g/mol. The van der Waals surface area contributed by atoms with Crippen molar-refractivity contribution in [1.82, 2.24) is 5.32 Å². The van der Waals surface area contributed by atoms with Gasteiger partial charge in [0.2, 0.25) is 5.91 Å². The number of carbonyl (C=O) groups excluding carboxylic acids is 1. The molecule has 1 aliphatic heterocycles. The van der Waals surface area contributed by atoms with E-state index in [1.807, 2.05) is 11.8 Å². The minimum absolute atomic E-state index is 0.0325. The number of nitro groups is 1. The second-order valence-corrected chi connectivity index (χ2v) is 6.43. The summed E-state index contributed by atoms with van der Waals surface area (Å²) in [5.41, 5.74) is 0.460. The fraction of sp³-hybridized carbons (Fsp3) is 0.533. The van der Waals surface area contributed by atoms with Gasteiger partial charge in [0.05, 0.1) is 20.7 Å². The Balaban J connectivity index is 2.15. The Morgan fingerprint density at radius 2 is 2.09 bits per heavy atom. The fourth-order valence-corrected chi connectivity index (χ4v) is 3.50.